The highest BCUT2D eigenvalue weighted by Crippen LogP contribution is 2.15. The number of nitro benzene ring substituents is 2. The first-order chi connectivity index (χ1) is 24.0. The first-order valence-corrected chi connectivity index (χ1v) is 18.8. The SMILES string of the molecule is CCCCCCCCCCCCC([NH3+])CCCCCCCCCCCC.O=C([O-])c1ccc([N+](=O)[O-])cc1.O=C([O-])c1ccc([N+](=O)[O-])cc1.[NH4+]. The summed E-state index contributed by atoms with van der Waals surface area (Å²) in [5.41, 5.74) is 3.97. The van der Waals surface area contributed by atoms with Crippen LogP contribution in [0.4, 0.5) is 11.4 Å². The van der Waals surface area contributed by atoms with E-state index in [1.807, 2.05) is 0 Å². The summed E-state index contributed by atoms with van der Waals surface area (Å²) < 4.78 is 0. The van der Waals surface area contributed by atoms with Gasteiger partial charge >= 0.3 is 0 Å². The Morgan fingerprint density at radius 3 is 0.961 bits per heavy atom. The lowest BCUT2D eigenvalue weighted by Gasteiger charge is -2.08. The molecule has 2 aromatic carbocycles. The van der Waals surface area contributed by atoms with Crippen molar-refractivity contribution in [2.45, 2.75) is 161 Å². The minimum atomic E-state index is -1.34. The normalized spacial score (nSPS) is 10.3. The highest BCUT2D eigenvalue weighted by atomic mass is 16.6. The fourth-order valence-electron chi connectivity index (χ4n) is 5.42. The second-order valence-corrected chi connectivity index (χ2v) is 13.0. The van der Waals surface area contributed by atoms with E-state index in [4.69, 9.17) is 0 Å². The summed E-state index contributed by atoms with van der Waals surface area (Å²) in [4.78, 5) is 39.5. The molecule has 0 aliphatic heterocycles. The predicted octanol–water partition coefficient (Wildman–Crippen LogP) is 8.51. The highest BCUT2D eigenvalue weighted by molar-refractivity contribution is 5.86. The summed E-state index contributed by atoms with van der Waals surface area (Å²) >= 11 is 0. The van der Waals surface area contributed by atoms with Crippen LogP contribution in [0.2, 0.25) is 0 Å². The molecule has 0 fully saturated rings. The maximum atomic E-state index is 10.2. The van der Waals surface area contributed by atoms with Crippen molar-refractivity contribution in [1.82, 2.24) is 6.15 Å². The van der Waals surface area contributed by atoms with E-state index in [1.165, 1.54) is 141 Å². The van der Waals surface area contributed by atoms with E-state index >= 15 is 0 Å². The Balaban J connectivity index is 0. The third-order valence-corrected chi connectivity index (χ3v) is 8.56. The first kappa shape index (κ1) is 49.2. The molecule has 0 bridgehead atoms. The van der Waals surface area contributed by atoms with Crippen LogP contribution in [0.25, 0.3) is 0 Å². The van der Waals surface area contributed by atoms with Gasteiger partial charge in [0.05, 0.1) is 27.8 Å². The molecule has 51 heavy (non-hydrogen) atoms. The van der Waals surface area contributed by atoms with Gasteiger partial charge in [0, 0.05) is 24.3 Å². The zero-order valence-electron chi connectivity index (χ0n) is 31.6. The Morgan fingerprint density at radius 1 is 0.510 bits per heavy atom. The smallest absolute Gasteiger partial charge is 0.269 e. The van der Waals surface area contributed by atoms with Gasteiger partial charge < -0.3 is 31.7 Å². The van der Waals surface area contributed by atoms with Crippen LogP contribution in [0.3, 0.4) is 0 Å². The number of carboxylic acids is 2. The molecule has 0 heterocycles. The van der Waals surface area contributed by atoms with Crippen molar-refractivity contribution in [2.75, 3.05) is 0 Å². The number of nitro groups is 2. The van der Waals surface area contributed by atoms with Crippen LogP contribution in [0, 0.1) is 20.2 Å². The molecule has 0 aliphatic carbocycles. The summed E-state index contributed by atoms with van der Waals surface area (Å²) in [6.45, 7) is 4.60. The fraction of sp³-hybridized carbons (Fsp3) is 0.641. The molecule has 0 atom stereocenters. The van der Waals surface area contributed by atoms with Crippen molar-refractivity contribution in [3.8, 4) is 0 Å². The summed E-state index contributed by atoms with van der Waals surface area (Å²) in [7, 11) is 0. The van der Waals surface area contributed by atoms with Crippen molar-refractivity contribution in [3.05, 3.63) is 79.9 Å². The van der Waals surface area contributed by atoms with E-state index < -0.39 is 21.8 Å². The summed E-state index contributed by atoms with van der Waals surface area (Å²) in [6.07, 6.45) is 31.6. The van der Waals surface area contributed by atoms with Crippen LogP contribution in [-0.4, -0.2) is 27.8 Å². The number of hydrogen-bond acceptors (Lipinski definition) is 8. The number of hydrogen-bond donors (Lipinski definition) is 2. The average molecular weight is 719 g/mol. The third kappa shape index (κ3) is 28.5. The number of carbonyl (C=O) groups is 2. The Bertz CT molecular complexity index is 1020. The molecule has 0 radical (unpaired) electrons. The van der Waals surface area contributed by atoms with Crippen molar-refractivity contribution < 1.29 is 35.4 Å². The van der Waals surface area contributed by atoms with Gasteiger partial charge in [0.25, 0.3) is 11.4 Å². The number of quaternary nitrogens is 2. The zero-order chi connectivity index (χ0) is 37.4. The molecule has 2 rings (SSSR count). The summed E-state index contributed by atoms with van der Waals surface area (Å²) in [6, 6.07) is 9.71. The lowest BCUT2D eigenvalue weighted by atomic mass is 10.00. The zero-order valence-corrected chi connectivity index (χ0v) is 31.6. The molecule has 7 N–H and O–H groups in total. The van der Waals surface area contributed by atoms with Crippen molar-refractivity contribution in [3.63, 3.8) is 0 Å². The van der Waals surface area contributed by atoms with Crippen LogP contribution in [0.1, 0.15) is 176 Å². The van der Waals surface area contributed by atoms with Crippen LogP contribution in [-0.2, 0) is 0 Å². The predicted molar refractivity (Wildman–Crippen MR) is 200 cm³/mol. The van der Waals surface area contributed by atoms with E-state index in [0.717, 1.165) is 54.6 Å². The van der Waals surface area contributed by atoms with Gasteiger partial charge in [0.15, 0.2) is 0 Å². The molecule has 290 valence electrons. The molecule has 0 aliphatic rings. The second-order valence-electron chi connectivity index (χ2n) is 13.0. The number of non-ortho nitro benzene ring substituents is 2. The highest BCUT2D eigenvalue weighted by Gasteiger charge is 2.06. The second kappa shape index (κ2) is 33.3. The molecule has 0 saturated carbocycles. The molecule has 0 amide bonds. The topological polar surface area (TPSA) is 231 Å². The third-order valence-electron chi connectivity index (χ3n) is 8.56. The number of carboxylic acid groups (broad SMARTS) is 2. The van der Waals surface area contributed by atoms with E-state index in [9.17, 15) is 40.0 Å². The minimum Gasteiger partial charge on any atom is -0.545 e. The fourth-order valence-corrected chi connectivity index (χ4v) is 5.42. The van der Waals surface area contributed by atoms with Crippen LogP contribution < -0.4 is 22.1 Å². The largest absolute Gasteiger partial charge is 0.545 e. The van der Waals surface area contributed by atoms with Gasteiger partial charge in [0.2, 0.25) is 0 Å². The Kier molecular flexibility index (Phi) is 32.1. The van der Waals surface area contributed by atoms with Crippen LogP contribution in [0.5, 0.6) is 0 Å². The van der Waals surface area contributed by atoms with Gasteiger partial charge in [-0.3, -0.25) is 20.2 Å². The maximum Gasteiger partial charge on any atom is 0.269 e. The Hall–Kier alpha value is -3.90. The van der Waals surface area contributed by atoms with E-state index in [2.05, 4.69) is 19.6 Å². The summed E-state index contributed by atoms with van der Waals surface area (Å²) in [5, 5.41) is 40.7. The molecular weight excluding hydrogens is 652 g/mol. The number of rotatable bonds is 26. The van der Waals surface area contributed by atoms with E-state index in [-0.39, 0.29) is 28.7 Å². The van der Waals surface area contributed by atoms with Gasteiger partial charge in [-0.05, 0) is 61.1 Å². The number of nitrogens with zero attached hydrogens (tertiary/aromatic N) is 2. The first-order valence-electron chi connectivity index (χ1n) is 18.8. The molecule has 12 nitrogen and oxygen atoms in total. The van der Waals surface area contributed by atoms with Crippen molar-refractivity contribution >= 4 is 23.3 Å². The average Bonchev–Trinajstić information content (AvgIpc) is 3.10. The molecule has 12 heteroatoms. The summed E-state index contributed by atoms with van der Waals surface area (Å²) in [5.74, 6) is -2.69. The van der Waals surface area contributed by atoms with Crippen LogP contribution >= 0.6 is 0 Å². The standard InChI is InChI=1S/C25H53N.2C7H5NO4.H3N/c1-3-5-7-9-11-13-15-17-19-21-23-25(26)24-22-20-18-16-14-12-10-8-6-4-2;2*9-7(10)5-1-3-6(4-2-5)8(11)12;/h25H,3-24,26H2,1-2H3;2*1-4H,(H,9,10);1H3. The monoisotopic (exact) mass is 718 g/mol. The molecular formula is C39H66N4O8. The Morgan fingerprint density at radius 2 is 0.745 bits per heavy atom. The number of unbranched alkanes of at least 4 members (excludes halogenated alkanes) is 18. The lowest BCUT2D eigenvalue weighted by molar-refractivity contribution is -0.423. The number of benzene rings is 2. The maximum absolute atomic E-state index is 10.2. The molecule has 0 unspecified atom stereocenters. The van der Waals surface area contributed by atoms with Gasteiger partial charge in [-0.25, -0.2) is 0 Å². The molecule has 0 aromatic heterocycles. The minimum absolute atomic E-state index is 0. The van der Waals surface area contributed by atoms with Gasteiger partial charge in [-0.15, -0.1) is 0 Å². The van der Waals surface area contributed by atoms with E-state index in [0.29, 0.717) is 0 Å². The van der Waals surface area contributed by atoms with Crippen LogP contribution in [0.15, 0.2) is 48.5 Å². The number of aromatic carboxylic acids is 2. The molecule has 0 saturated heterocycles. The van der Waals surface area contributed by atoms with Gasteiger partial charge in [0.1, 0.15) is 0 Å². The molecule has 0 spiro atoms. The van der Waals surface area contributed by atoms with E-state index in [1.54, 1.807) is 0 Å². The lowest BCUT2D eigenvalue weighted by Crippen LogP contribution is -2.60. The Labute approximate surface area is 305 Å². The van der Waals surface area contributed by atoms with Gasteiger partial charge in [-0.2, -0.15) is 0 Å². The van der Waals surface area contributed by atoms with Gasteiger partial charge in [-0.1, -0.05) is 129 Å². The molecule has 2 aromatic rings. The van der Waals surface area contributed by atoms with Crippen molar-refractivity contribution in [1.29, 1.82) is 0 Å². The number of carbonyl (C=O) groups excluding carboxylic acids is 2. The quantitative estimate of drug-likeness (QED) is 0.0542. The van der Waals surface area contributed by atoms with Crippen molar-refractivity contribution in [2.24, 2.45) is 0 Å².